The third kappa shape index (κ3) is 3.36. The Kier molecular flexibility index (Phi) is 4.87. The van der Waals surface area contributed by atoms with Crippen LogP contribution in [0.25, 0.3) is 83.0 Å². The van der Waals surface area contributed by atoms with Crippen molar-refractivity contribution in [2.45, 2.75) is 0 Å². The van der Waals surface area contributed by atoms with Gasteiger partial charge in [0.2, 0.25) is 5.71 Å². The van der Waals surface area contributed by atoms with E-state index in [1.54, 1.807) is 0 Å². The molecule has 4 nitrogen and oxygen atoms in total. The largest absolute Gasteiger partial charge is 0.436 e. The molecule has 4 heteroatoms. The number of fused-ring (bicyclic) bond motifs is 8. The summed E-state index contributed by atoms with van der Waals surface area (Å²) in [5.41, 5.74) is 9.23. The van der Waals surface area contributed by atoms with E-state index in [0.29, 0.717) is 5.71 Å². The van der Waals surface area contributed by atoms with Gasteiger partial charge in [0.05, 0.1) is 16.7 Å². The smallest absolute Gasteiger partial charge is 0.246 e. The van der Waals surface area contributed by atoms with Crippen molar-refractivity contribution in [2.24, 2.45) is 0 Å². The highest BCUT2D eigenvalue weighted by Crippen LogP contribution is 2.38. The van der Waals surface area contributed by atoms with Gasteiger partial charge in [-0.3, -0.25) is 0 Å². The summed E-state index contributed by atoms with van der Waals surface area (Å²) in [5.74, 6) is 0. The Labute approximate surface area is 241 Å². The summed E-state index contributed by atoms with van der Waals surface area (Å²) in [4.78, 5) is 10.2. The molecule has 0 aliphatic carbocycles. The van der Waals surface area contributed by atoms with E-state index in [1.807, 2.05) is 42.5 Å². The lowest BCUT2D eigenvalue weighted by Crippen LogP contribution is -1.96. The molecule has 196 valence electrons. The second-order valence-electron chi connectivity index (χ2n) is 10.6. The number of furan rings is 1. The Morgan fingerprint density at radius 2 is 1.14 bits per heavy atom. The number of rotatable bonds is 3. The minimum absolute atomic E-state index is 0.546. The average Bonchev–Trinajstić information content (AvgIpc) is 3.60. The van der Waals surface area contributed by atoms with Crippen molar-refractivity contribution in [3.8, 4) is 28.2 Å². The van der Waals surface area contributed by atoms with Crippen LogP contribution in [0.1, 0.15) is 0 Å². The van der Waals surface area contributed by atoms with Gasteiger partial charge >= 0.3 is 0 Å². The van der Waals surface area contributed by atoms with Crippen LogP contribution in [-0.4, -0.2) is 14.5 Å². The highest BCUT2D eigenvalue weighted by atomic mass is 16.3. The summed E-state index contributed by atoms with van der Waals surface area (Å²) >= 11 is 0. The van der Waals surface area contributed by atoms with E-state index in [4.69, 9.17) is 14.4 Å². The molecular weight excluding hydrogens is 514 g/mol. The maximum Gasteiger partial charge on any atom is 0.246 e. The maximum atomic E-state index is 6.14. The van der Waals surface area contributed by atoms with Gasteiger partial charge in [-0.2, -0.15) is 0 Å². The van der Waals surface area contributed by atoms with Crippen LogP contribution in [0, 0.1) is 0 Å². The highest BCUT2D eigenvalue weighted by Gasteiger charge is 2.19. The van der Waals surface area contributed by atoms with Crippen molar-refractivity contribution >= 4 is 54.8 Å². The first-order chi connectivity index (χ1) is 20.8. The molecule has 3 heterocycles. The molecule has 6 aromatic carbocycles. The highest BCUT2D eigenvalue weighted by molar-refractivity contribution is 6.21. The molecule has 0 saturated carbocycles. The van der Waals surface area contributed by atoms with Crippen molar-refractivity contribution in [2.75, 3.05) is 0 Å². The van der Waals surface area contributed by atoms with Crippen LogP contribution in [0.2, 0.25) is 0 Å². The number of nitrogens with zero attached hydrogens (tertiary/aromatic N) is 3. The summed E-state index contributed by atoms with van der Waals surface area (Å²) in [5, 5.41) is 6.01. The number of aromatic nitrogens is 3. The molecule has 0 atom stereocenters. The van der Waals surface area contributed by atoms with E-state index in [0.717, 1.165) is 44.7 Å². The predicted octanol–water partition coefficient (Wildman–Crippen LogP) is 9.96. The zero-order valence-corrected chi connectivity index (χ0v) is 22.5. The average molecular weight is 538 g/mol. The fourth-order valence-electron chi connectivity index (χ4n) is 6.31. The van der Waals surface area contributed by atoms with Gasteiger partial charge in [-0.05, 0) is 47.2 Å². The van der Waals surface area contributed by atoms with Crippen LogP contribution in [-0.2, 0) is 0 Å². The number of hydrogen-bond donors (Lipinski definition) is 0. The molecule has 42 heavy (non-hydrogen) atoms. The van der Waals surface area contributed by atoms with Crippen LogP contribution in [0.5, 0.6) is 0 Å². The third-order valence-electron chi connectivity index (χ3n) is 8.22. The quantitative estimate of drug-likeness (QED) is 0.225. The standard InChI is InChI=1S/C38H23N3O/c1-2-11-25(12-3-1)35-36(40-38-37(39-35)30-15-7-9-17-33(30)42-38)26-18-21-27(22-19-26)41-31-16-8-6-14-29(31)34-28-13-5-4-10-24(28)20-23-32(34)41/h1-23H. The molecule has 0 bridgehead atoms. The van der Waals surface area contributed by atoms with Crippen LogP contribution < -0.4 is 0 Å². The van der Waals surface area contributed by atoms with Crippen LogP contribution in [0.3, 0.4) is 0 Å². The van der Waals surface area contributed by atoms with E-state index < -0.39 is 0 Å². The topological polar surface area (TPSA) is 43.9 Å². The summed E-state index contributed by atoms with van der Waals surface area (Å²) < 4.78 is 8.50. The monoisotopic (exact) mass is 537 g/mol. The molecule has 0 saturated heterocycles. The lowest BCUT2D eigenvalue weighted by atomic mass is 10.0. The van der Waals surface area contributed by atoms with Gasteiger partial charge in [0.1, 0.15) is 16.8 Å². The zero-order chi connectivity index (χ0) is 27.6. The van der Waals surface area contributed by atoms with Gasteiger partial charge in [-0.25, -0.2) is 9.97 Å². The summed E-state index contributed by atoms with van der Waals surface area (Å²) in [7, 11) is 0. The molecule has 0 N–H and O–H groups in total. The van der Waals surface area contributed by atoms with Crippen molar-refractivity contribution in [1.29, 1.82) is 0 Å². The van der Waals surface area contributed by atoms with Gasteiger partial charge in [-0.15, -0.1) is 0 Å². The molecule has 0 aliphatic rings. The Bertz CT molecular complexity index is 2450. The summed E-state index contributed by atoms with van der Waals surface area (Å²) in [6, 6.07) is 48.6. The molecule has 3 aromatic heterocycles. The SMILES string of the molecule is c1ccc(-c2nc3c(nc2-c2ccc(-n4c5ccccc5c5c6ccccc6ccc54)cc2)oc2ccccc23)cc1. The molecule has 0 unspecified atom stereocenters. The van der Waals surface area contributed by atoms with Crippen LogP contribution >= 0.6 is 0 Å². The zero-order valence-electron chi connectivity index (χ0n) is 22.5. The van der Waals surface area contributed by atoms with E-state index >= 15 is 0 Å². The minimum atomic E-state index is 0.546. The first-order valence-corrected chi connectivity index (χ1v) is 14.1. The van der Waals surface area contributed by atoms with Gasteiger partial charge in [0.15, 0.2) is 0 Å². The number of benzene rings is 6. The normalized spacial score (nSPS) is 11.8. The molecule has 9 aromatic rings. The van der Waals surface area contributed by atoms with Gasteiger partial charge in [0.25, 0.3) is 0 Å². The Morgan fingerprint density at radius 1 is 0.476 bits per heavy atom. The first kappa shape index (κ1) is 23.0. The molecule has 0 amide bonds. The summed E-state index contributed by atoms with van der Waals surface area (Å²) in [6.45, 7) is 0. The molecule has 9 rings (SSSR count). The summed E-state index contributed by atoms with van der Waals surface area (Å²) in [6.07, 6.45) is 0. The Hall–Kier alpha value is -5.74. The Morgan fingerprint density at radius 3 is 2.00 bits per heavy atom. The van der Waals surface area contributed by atoms with Gasteiger partial charge in [-0.1, -0.05) is 103 Å². The molecule has 0 fully saturated rings. The van der Waals surface area contributed by atoms with Crippen molar-refractivity contribution in [3.05, 3.63) is 140 Å². The lowest BCUT2D eigenvalue weighted by molar-refractivity contribution is 0.653. The van der Waals surface area contributed by atoms with Crippen molar-refractivity contribution < 1.29 is 4.42 Å². The lowest BCUT2D eigenvalue weighted by Gasteiger charge is -2.11. The van der Waals surface area contributed by atoms with E-state index in [1.165, 1.54) is 32.6 Å². The van der Waals surface area contributed by atoms with Gasteiger partial charge < -0.3 is 8.98 Å². The molecule has 0 radical (unpaired) electrons. The second kappa shape index (κ2) is 8.88. The third-order valence-corrected chi connectivity index (χ3v) is 8.22. The fourth-order valence-corrected chi connectivity index (χ4v) is 6.31. The van der Waals surface area contributed by atoms with Gasteiger partial charge in [0, 0.05) is 33.0 Å². The first-order valence-electron chi connectivity index (χ1n) is 14.1. The minimum Gasteiger partial charge on any atom is -0.436 e. The van der Waals surface area contributed by atoms with Crippen LogP contribution in [0.15, 0.2) is 144 Å². The molecule has 0 spiro atoms. The molecular formula is C38H23N3O. The second-order valence-corrected chi connectivity index (χ2v) is 10.6. The van der Waals surface area contributed by atoms with Crippen molar-refractivity contribution in [3.63, 3.8) is 0 Å². The van der Waals surface area contributed by atoms with Crippen molar-refractivity contribution in [1.82, 2.24) is 14.5 Å². The van der Waals surface area contributed by atoms with E-state index in [9.17, 15) is 0 Å². The predicted molar refractivity (Wildman–Crippen MR) is 172 cm³/mol. The Balaban J connectivity index is 1.26. The fraction of sp³-hybridized carbons (Fsp3) is 0. The van der Waals surface area contributed by atoms with E-state index in [-0.39, 0.29) is 0 Å². The van der Waals surface area contributed by atoms with E-state index in [2.05, 4.69) is 102 Å². The molecule has 0 aliphatic heterocycles. The van der Waals surface area contributed by atoms with Crippen LogP contribution in [0.4, 0.5) is 0 Å². The number of hydrogen-bond acceptors (Lipinski definition) is 3. The maximum absolute atomic E-state index is 6.14. The number of para-hydroxylation sites is 2.